The zero-order valence-corrected chi connectivity index (χ0v) is 13.1. The molecule has 3 nitrogen and oxygen atoms in total. The number of nitrogens with one attached hydrogen (secondary N) is 2. The van der Waals surface area contributed by atoms with E-state index >= 15 is 0 Å². The summed E-state index contributed by atoms with van der Waals surface area (Å²) in [7, 11) is 0. The van der Waals surface area contributed by atoms with Gasteiger partial charge in [0.2, 0.25) is 0 Å². The second-order valence-corrected chi connectivity index (χ2v) is 5.59. The highest BCUT2D eigenvalue weighted by atomic mass is 127. The lowest BCUT2D eigenvalue weighted by Gasteiger charge is -2.10. The summed E-state index contributed by atoms with van der Waals surface area (Å²) in [5, 5.41) is 6.39. The van der Waals surface area contributed by atoms with Gasteiger partial charge in [0.15, 0.2) is 0 Å². The fraction of sp³-hybridized carbons (Fsp3) is 0.462. The Morgan fingerprint density at radius 3 is 2.72 bits per heavy atom. The molecule has 2 rings (SSSR count). The number of hydrogen-bond donors (Lipinski definition) is 2. The highest BCUT2D eigenvalue weighted by molar-refractivity contribution is 14.1. The standard InChI is InChI=1S/C13H17IN2O.ClH/c14-11-5-3-10(4-6-11)13(17)16-9-7-12-2-1-8-15-12;/h3-6,12,15H,1-2,7-9H2,(H,16,17);1H/t12-;/m1./s1. The number of halogens is 2. The van der Waals surface area contributed by atoms with E-state index in [1.807, 2.05) is 24.3 Å². The molecule has 1 aliphatic rings. The van der Waals surface area contributed by atoms with Gasteiger partial charge >= 0.3 is 0 Å². The summed E-state index contributed by atoms with van der Waals surface area (Å²) in [5.74, 6) is 0.0272. The Morgan fingerprint density at radius 2 is 2.11 bits per heavy atom. The summed E-state index contributed by atoms with van der Waals surface area (Å²) in [5.41, 5.74) is 0.741. The molecule has 0 aromatic heterocycles. The van der Waals surface area contributed by atoms with E-state index in [9.17, 15) is 4.79 Å². The molecular weight excluding hydrogens is 363 g/mol. The zero-order valence-electron chi connectivity index (χ0n) is 10.1. The van der Waals surface area contributed by atoms with Crippen LogP contribution in [-0.2, 0) is 0 Å². The molecule has 0 spiro atoms. The van der Waals surface area contributed by atoms with E-state index in [-0.39, 0.29) is 18.3 Å². The number of benzene rings is 1. The van der Waals surface area contributed by atoms with Crippen LogP contribution in [-0.4, -0.2) is 25.0 Å². The van der Waals surface area contributed by atoms with Gasteiger partial charge in [0, 0.05) is 21.7 Å². The van der Waals surface area contributed by atoms with Crippen molar-refractivity contribution in [2.75, 3.05) is 13.1 Å². The van der Waals surface area contributed by atoms with E-state index in [4.69, 9.17) is 0 Å². The quantitative estimate of drug-likeness (QED) is 0.788. The lowest BCUT2D eigenvalue weighted by Crippen LogP contribution is -2.30. The average molecular weight is 381 g/mol. The third kappa shape index (κ3) is 4.74. The number of hydrogen-bond acceptors (Lipinski definition) is 2. The Labute approximate surface area is 128 Å². The molecule has 100 valence electrons. The Hall–Kier alpha value is -0.330. The lowest BCUT2D eigenvalue weighted by molar-refractivity contribution is 0.0952. The van der Waals surface area contributed by atoms with Gasteiger partial charge in [-0.25, -0.2) is 0 Å². The van der Waals surface area contributed by atoms with Crippen LogP contribution in [0.3, 0.4) is 0 Å². The minimum absolute atomic E-state index is 0. The second kappa shape index (κ2) is 7.96. The van der Waals surface area contributed by atoms with E-state index in [0.717, 1.165) is 28.6 Å². The molecule has 5 heteroatoms. The first kappa shape index (κ1) is 15.7. The third-order valence-corrected chi connectivity index (χ3v) is 3.77. The molecule has 1 atom stereocenters. The van der Waals surface area contributed by atoms with Gasteiger partial charge in [-0.3, -0.25) is 4.79 Å². The SMILES string of the molecule is Cl.O=C(NCC[C@H]1CCCN1)c1ccc(I)cc1. The molecule has 1 fully saturated rings. The van der Waals surface area contributed by atoms with Gasteiger partial charge in [0.25, 0.3) is 5.91 Å². The average Bonchev–Trinajstić information content (AvgIpc) is 2.83. The van der Waals surface area contributed by atoms with Crippen LogP contribution in [0.25, 0.3) is 0 Å². The molecule has 1 saturated heterocycles. The number of amides is 1. The van der Waals surface area contributed by atoms with Crippen LogP contribution < -0.4 is 10.6 Å². The minimum Gasteiger partial charge on any atom is -0.352 e. The third-order valence-electron chi connectivity index (χ3n) is 3.05. The van der Waals surface area contributed by atoms with E-state index < -0.39 is 0 Å². The van der Waals surface area contributed by atoms with Crippen molar-refractivity contribution in [1.29, 1.82) is 0 Å². The van der Waals surface area contributed by atoms with Crippen molar-refractivity contribution in [2.45, 2.75) is 25.3 Å². The minimum atomic E-state index is 0. The predicted molar refractivity (Wildman–Crippen MR) is 84.4 cm³/mol. The van der Waals surface area contributed by atoms with E-state index in [0.29, 0.717) is 6.04 Å². The Balaban J connectivity index is 0.00000162. The van der Waals surface area contributed by atoms with Gasteiger partial charge in [0.1, 0.15) is 0 Å². The summed E-state index contributed by atoms with van der Waals surface area (Å²) in [6.07, 6.45) is 3.52. The first-order valence-corrected chi connectivity index (χ1v) is 7.11. The fourth-order valence-electron chi connectivity index (χ4n) is 2.07. The number of rotatable bonds is 4. The van der Waals surface area contributed by atoms with Gasteiger partial charge < -0.3 is 10.6 Å². The molecule has 0 aliphatic carbocycles. The summed E-state index contributed by atoms with van der Waals surface area (Å²) in [4.78, 5) is 11.8. The van der Waals surface area contributed by atoms with Gasteiger partial charge in [-0.15, -0.1) is 12.4 Å². The molecule has 1 aliphatic heterocycles. The van der Waals surface area contributed by atoms with Crippen molar-refractivity contribution in [2.24, 2.45) is 0 Å². The van der Waals surface area contributed by atoms with Crippen LogP contribution in [0.2, 0.25) is 0 Å². The number of carbonyl (C=O) groups excluding carboxylic acids is 1. The summed E-state index contributed by atoms with van der Waals surface area (Å²) in [6.45, 7) is 1.87. The van der Waals surface area contributed by atoms with Crippen LogP contribution in [0, 0.1) is 3.57 Å². The van der Waals surface area contributed by atoms with Crippen LogP contribution in [0.4, 0.5) is 0 Å². The Bertz CT molecular complexity index is 377. The molecule has 0 bridgehead atoms. The molecule has 18 heavy (non-hydrogen) atoms. The Kier molecular flexibility index (Phi) is 6.96. The van der Waals surface area contributed by atoms with Crippen LogP contribution in [0.5, 0.6) is 0 Å². The van der Waals surface area contributed by atoms with Crippen LogP contribution in [0.15, 0.2) is 24.3 Å². The van der Waals surface area contributed by atoms with Crippen molar-refractivity contribution in [1.82, 2.24) is 10.6 Å². The van der Waals surface area contributed by atoms with Crippen LogP contribution in [0.1, 0.15) is 29.6 Å². The summed E-state index contributed by atoms with van der Waals surface area (Å²) >= 11 is 2.23. The van der Waals surface area contributed by atoms with Crippen molar-refractivity contribution >= 4 is 40.9 Å². The van der Waals surface area contributed by atoms with E-state index in [2.05, 4.69) is 33.2 Å². The molecule has 0 radical (unpaired) electrons. The van der Waals surface area contributed by atoms with Gasteiger partial charge in [0.05, 0.1) is 0 Å². The number of carbonyl (C=O) groups is 1. The molecule has 0 saturated carbocycles. The predicted octanol–water partition coefficient (Wildman–Crippen LogP) is 2.58. The molecule has 1 heterocycles. The summed E-state index contributed by atoms with van der Waals surface area (Å²) in [6, 6.07) is 8.23. The van der Waals surface area contributed by atoms with Crippen molar-refractivity contribution in [3.8, 4) is 0 Å². The molecule has 2 N–H and O–H groups in total. The van der Waals surface area contributed by atoms with Crippen molar-refractivity contribution in [3.05, 3.63) is 33.4 Å². The van der Waals surface area contributed by atoms with Crippen LogP contribution >= 0.6 is 35.0 Å². The first-order chi connectivity index (χ1) is 8.25. The highest BCUT2D eigenvalue weighted by Crippen LogP contribution is 2.08. The molecule has 1 aromatic rings. The highest BCUT2D eigenvalue weighted by Gasteiger charge is 2.13. The molecule has 1 aromatic carbocycles. The molecular formula is C13H18ClIN2O. The maximum atomic E-state index is 11.8. The van der Waals surface area contributed by atoms with Crippen molar-refractivity contribution in [3.63, 3.8) is 0 Å². The smallest absolute Gasteiger partial charge is 0.251 e. The zero-order chi connectivity index (χ0) is 12.1. The molecule has 1 amide bonds. The maximum absolute atomic E-state index is 11.8. The fourth-order valence-corrected chi connectivity index (χ4v) is 2.43. The monoisotopic (exact) mass is 380 g/mol. The second-order valence-electron chi connectivity index (χ2n) is 4.34. The van der Waals surface area contributed by atoms with E-state index in [1.165, 1.54) is 12.8 Å². The molecule has 0 unspecified atom stereocenters. The van der Waals surface area contributed by atoms with E-state index in [1.54, 1.807) is 0 Å². The Morgan fingerprint density at radius 1 is 1.39 bits per heavy atom. The van der Waals surface area contributed by atoms with Gasteiger partial charge in [-0.2, -0.15) is 0 Å². The lowest BCUT2D eigenvalue weighted by atomic mass is 10.1. The van der Waals surface area contributed by atoms with Crippen molar-refractivity contribution < 1.29 is 4.79 Å². The van der Waals surface area contributed by atoms with Gasteiger partial charge in [-0.05, 0) is 72.7 Å². The topological polar surface area (TPSA) is 41.1 Å². The normalized spacial score (nSPS) is 18.2. The largest absolute Gasteiger partial charge is 0.352 e. The van der Waals surface area contributed by atoms with Gasteiger partial charge in [-0.1, -0.05) is 0 Å². The first-order valence-electron chi connectivity index (χ1n) is 6.03. The maximum Gasteiger partial charge on any atom is 0.251 e. The summed E-state index contributed by atoms with van der Waals surface area (Å²) < 4.78 is 1.15.